The number of nitrogens with zero attached hydrogens (tertiary/aromatic N) is 2. The van der Waals surface area contributed by atoms with Gasteiger partial charge in [-0.1, -0.05) is 20.8 Å². The molecule has 1 rings (SSSR count). The van der Waals surface area contributed by atoms with Crippen LogP contribution in [0.3, 0.4) is 0 Å². The Balaban J connectivity index is 0.000000396. The van der Waals surface area contributed by atoms with Crippen molar-refractivity contribution in [2.24, 2.45) is 5.41 Å². The van der Waals surface area contributed by atoms with E-state index in [1.54, 1.807) is 0 Å². The molecule has 0 unspecified atom stereocenters. The third kappa shape index (κ3) is 9.70. The maximum absolute atomic E-state index is 8.89. The standard InChI is InChI=1S/C9H20N2O.C7H16O/c1-9(2,3)11-6-4-10(8-12)5-7-11;1-7(2,3)5-4-6-8/h12H,4-8H2,1-3H3;8H,4-6H2,1-3H3. The van der Waals surface area contributed by atoms with Gasteiger partial charge in [0.15, 0.2) is 0 Å². The van der Waals surface area contributed by atoms with Crippen molar-refractivity contribution >= 4 is 0 Å². The summed E-state index contributed by atoms with van der Waals surface area (Å²) in [4.78, 5) is 4.53. The topological polar surface area (TPSA) is 46.9 Å². The summed E-state index contributed by atoms with van der Waals surface area (Å²) in [5, 5.41) is 17.3. The quantitative estimate of drug-likeness (QED) is 0.835. The Bertz CT molecular complexity index is 236. The molecule has 0 amide bonds. The fraction of sp³-hybridized carbons (Fsp3) is 1.00. The predicted molar refractivity (Wildman–Crippen MR) is 85.8 cm³/mol. The van der Waals surface area contributed by atoms with Gasteiger partial charge in [-0.05, 0) is 39.0 Å². The van der Waals surface area contributed by atoms with E-state index in [0.717, 1.165) is 39.0 Å². The molecule has 0 saturated carbocycles. The third-order valence-corrected chi connectivity index (χ3v) is 3.61. The molecule has 0 bridgehead atoms. The van der Waals surface area contributed by atoms with Gasteiger partial charge in [-0.3, -0.25) is 9.80 Å². The summed E-state index contributed by atoms with van der Waals surface area (Å²) in [6.45, 7) is 17.9. The van der Waals surface area contributed by atoms with Gasteiger partial charge in [0.1, 0.15) is 0 Å². The van der Waals surface area contributed by atoms with Crippen molar-refractivity contribution in [3.63, 3.8) is 0 Å². The van der Waals surface area contributed by atoms with Crippen LogP contribution in [0.4, 0.5) is 0 Å². The summed E-state index contributed by atoms with van der Waals surface area (Å²) in [5.41, 5.74) is 0.671. The van der Waals surface area contributed by atoms with Crippen molar-refractivity contribution in [1.29, 1.82) is 0 Å². The molecular formula is C16H36N2O2. The van der Waals surface area contributed by atoms with E-state index in [2.05, 4.69) is 51.3 Å². The van der Waals surface area contributed by atoms with Crippen LogP contribution in [0.15, 0.2) is 0 Å². The van der Waals surface area contributed by atoms with Crippen molar-refractivity contribution in [3.8, 4) is 0 Å². The van der Waals surface area contributed by atoms with E-state index in [1.165, 1.54) is 0 Å². The first-order valence-corrected chi connectivity index (χ1v) is 7.79. The second kappa shape index (κ2) is 8.98. The SMILES string of the molecule is CC(C)(C)CCCO.CC(C)(C)N1CCN(CO)CC1. The first-order chi connectivity index (χ1) is 9.10. The highest BCUT2D eigenvalue weighted by Crippen LogP contribution is 2.19. The lowest BCUT2D eigenvalue weighted by molar-refractivity contribution is 0.0197. The molecule has 2 N–H and O–H groups in total. The van der Waals surface area contributed by atoms with Crippen LogP contribution in [-0.2, 0) is 0 Å². The summed E-state index contributed by atoms with van der Waals surface area (Å²) >= 11 is 0. The molecule has 1 aliphatic heterocycles. The maximum atomic E-state index is 8.89. The first-order valence-electron chi connectivity index (χ1n) is 7.79. The Kier molecular flexibility index (Phi) is 8.91. The monoisotopic (exact) mass is 288 g/mol. The molecule has 0 aromatic heterocycles. The van der Waals surface area contributed by atoms with Crippen molar-refractivity contribution in [2.75, 3.05) is 39.5 Å². The van der Waals surface area contributed by atoms with Crippen molar-refractivity contribution < 1.29 is 10.2 Å². The summed E-state index contributed by atoms with van der Waals surface area (Å²) in [7, 11) is 0. The van der Waals surface area contributed by atoms with E-state index < -0.39 is 0 Å². The fourth-order valence-electron chi connectivity index (χ4n) is 2.17. The molecule has 1 saturated heterocycles. The maximum Gasteiger partial charge on any atom is 0.0957 e. The molecular weight excluding hydrogens is 252 g/mol. The van der Waals surface area contributed by atoms with Crippen LogP contribution in [0.25, 0.3) is 0 Å². The van der Waals surface area contributed by atoms with Gasteiger partial charge in [0.05, 0.1) is 6.73 Å². The molecule has 0 spiro atoms. The van der Waals surface area contributed by atoms with Crippen LogP contribution in [0.2, 0.25) is 0 Å². The highest BCUT2D eigenvalue weighted by Gasteiger charge is 2.25. The Labute approximate surface area is 125 Å². The smallest absolute Gasteiger partial charge is 0.0957 e. The normalized spacial score (nSPS) is 18.6. The number of piperazine rings is 1. The van der Waals surface area contributed by atoms with Crippen LogP contribution in [0.1, 0.15) is 54.4 Å². The number of rotatable bonds is 3. The Morgan fingerprint density at radius 3 is 1.60 bits per heavy atom. The minimum Gasteiger partial charge on any atom is -0.396 e. The van der Waals surface area contributed by atoms with Crippen molar-refractivity contribution in [2.45, 2.75) is 59.9 Å². The lowest BCUT2D eigenvalue weighted by Gasteiger charge is -2.41. The number of hydrogen-bond donors (Lipinski definition) is 2. The molecule has 0 aromatic rings. The summed E-state index contributed by atoms with van der Waals surface area (Å²) in [6, 6.07) is 0. The van der Waals surface area contributed by atoms with E-state index in [4.69, 9.17) is 10.2 Å². The molecule has 0 aliphatic carbocycles. The summed E-state index contributed by atoms with van der Waals surface area (Å²) < 4.78 is 0. The van der Waals surface area contributed by atoms with Crippen LogP contribution >= 0.6 is 0 Å². The molecule has 0 atom stereocenters. The molecule has 20 heavy (non-hydrogen) atoms. The predicted octanol–water partition coefficient (Wildman–Crippen LogP) is 2.16. The van der Waals surface area contributed by atoms with Gasteiger partial charge in [0.2, 0.25) is 0 Å². The minimum absolute atomic E-state index is 0.206. The fourth-order valence-corrected chi connectivity index (χ4v) is 2.17. The van der Waals surface area contributed by atoms with Gasteiger partial charge in [0, 0.05) is 38.3 Å². The van der Waals surface area contributed by atoms with Gasteiger partial charge in [0.25, 0.3) is 0 Å². The molecule has 1 heterocycles. The minimum atomic E-state index is 0.206. The number of hydrogen-bond acceptors (Lipinski definition) is 4. The molecule has 0 aromatic carbocycles. The highest BCUT2D eigenvalue weighted by molar-refractivity contribution is 4.80. The first kappa shape index (κ1) is 19.8. The molecule has 1 fully saturated rings. The van der Waals surface area contributed by atoms with Gasteiger partial charge in [-0.25, -0.2) is 0 Å². The lowest BCUT2D eigenvalue weighted by atomic mass is 9.91. The second-order valence-electron chi connectivity index (χ2n) is 7.81. The van der Waals surface area contributed by atoms with Crippen molar-refractivity contribution in [3.05, 3.63) is 0 Å². The molecule has 4 nitrogen and oxygen atoms in total. The zero-order chi connectivity index (χ0) is 15.8. The van der Waals surface area contributed by atoms with Crippen LogP contribution in [0, 0.1) is 5.41 Å². The van der Waals surface area contributed by atoms with E-state index in [0.29, 0.717) is 12.0 Å². The zero-order valence-corrected chi connectivity index (χ0v) is 14.4. The van der Waals surface area contributed by atoms with E-state index in [9.17, 15) is 0 Å². The molecule has 1 aliphatic rings. The van der Waals surface area contributed by atoms with Gasteiger partial charge in [-0.15, -0.1) is 0 Å². The van der Waals surface area contributed by atoms with E-state index in [1.807, 2.05) is 0 Å². The van der Waals surface area contributed by atoms with Crippen LogP contribution < -0.4 is 0 Å². The van der Waals surface area contributed by atoms with Crippen LogP contribution in [0.5, 0.6) is 0 Å². The zero-order valence-electron chi connectivity index (χ0n) is 14.4. The third-order valence-electron chi connectivity index (χ3n) is 3.61. The molecule has 4 heteroatoms. The molecule has 0 radical (unpaired) electrons. The second-order valence-corrected chi connectivity index (χ2v) is 7.81. The molecule has 122 valence electrons. The van der Waals surface area contributed by atoms with Gasteiger partial charge >= 0.3 is 0 Å². The average molecular weight is 288 g/mol. The Morgan fingerprint density at radius 1 is 0.850 bits per heavy atom. The summed E-state index contributed by atoms with van der Waals surface area (Å²) in [6.07, 6.45) is 2.05. The van der Waals surface area contributed by atoms with E-state index >= 15 is 0 Å². The number of aliphatic hydroxyl groups is 2. The van der Waals surface area contributed by atoms with Gasteiger partial charge < -0.3 is 10.2 Å². The lowest BCUT2D eigenvalue weighted by Crippen LogP contribution is -2.53. The van der Waals surface area contributed by atoms with Crippen molar-refractivity contribution in [1.82, 2.24) is 9.80 Å². The summed E-state index contributed by atoms with van der Waals surface area (Å²) in [5.74, 6) is 0. The highest BCUT2D eigenvalue weighted by atomic mass is 16.3. The van der Waals surface area contributed by atoms with E-state index in [-0.39, 0.29) is 12.3 Å². The van der Waals surface area contributed by atoms with Gasteiger partial charge in [-0.2, -0.15) is 0 Å². The Morgan fingerprint density at radius 2 is 1.35 bits per heavy atom. The van der Waals surface area contributed by atoms with Crippen LogP contribution in [-0.4, -0.2) is 65.1 Å². The average Bonchev–Trinajstić information content (AvgIpc) is 2.35. The Hall–Kier alpha value is -0.160. The largest absolute Gasteiger partial charge is 0.396 e. The number of aliphatic hydroxyl groups excluding tert-OH is 2.